The zero-order chi connectivity index (χ0) is 19.9. The lowest BCUT2D eigenvalue weighted by Gasteiger charge is -2.09. The van der Waals surface area contributed by atoms with Gasteiger partial charge in [0.1, 0.15) is 5.69 Å². The minimum absolute atomic E-state index is 0.0668. The highest BCUT2D eigenvalue weighted by Crippen LogP contribution is 2.32. The molecule has 10 heteroatoms. The highest BCUT2D eigenvalue weighted by molar-refractivity contribution is 6.01. The van der Waals surface area contributed by atoms with Gasteiger partial charge in [-0.3, -0.25) is 4.79 Å². The van der Waals surface area contributed by atoms with Crippen LogP contribution < -0.4 is 5.32 Å². The number of fused-ring (bicyclic) bond motifs is 1. The Balaban J connectivity index is 1.78. The molecular formula is C18H12F3N5O2. The van der Waals surface area contributed by atoms with Crippen molar-refractivity contribution < 1.29 is 22.4 Å². The van der Waals surface area contributed by atoms with Gasteiger partial charge in [0, 0.05) is 5.69 Å². The van der Waals surface area contributed by atoms with Crippen LogP contribution in [0.25, 0.3) is 17.2 Å². The highest BCUT2D eigenvalue weighted by Gasteiger charge is 2.36. The van der Waals surface area contributed by atoms with E-state index in [4.69, 9.17) is 4.42 Å². The monoisotopic (exact) mass is 387 g/mol. The van der Waals surface area contributed by atoms with Gasteiger partial charge in [-0.2, -0.15) is 22.7 Å². The van der Waals surface area contributed by atoms with E-state index < -0.39 is 23.6 Å². The summed E-state index contributed by atoms with van der Waals surface area (Å²) in [4.78, 5) is 20.3. The maximum atomic E-state index is 13.5. The quantitative estimate of drug-likeness (QED) is 0.575. The lowest BCUT2D eigenvalue weighted by atomic mass is 10.2. The number of furan rings is 1. The third-order valence-corrected chi connectivity index (χ3v) is 3.86. The second-order valence-corrected chi connectivity index (χ2v) is 5.97. The Morgan fingerprint density at radius 3 is 2.64 bits per heavy atom. The van der Waals surface area contributed by atoms with Crippen molar-refractivity contribution in [2.45, 2.75) is 13.1 Å². The molecule has 0 saturated carbocycles. The predicted octanol–water partition coefficient (Wildman–Crippen LogP) is 3.96. The van der Waals surface area contributed by atoms with Crippen molar-refractivity contribution in [3.8, 4) is 11.5 Å². The molecule has 4 aromatic rings. The molecule has 28 heavy (non-hydrogen) atoms. The highest BCUT2D eigenvalue weighted by atomic mass is 19.4. The van der Waals surface area contributed by atoms with E-state index in [1.807, 2.05) is 13.0 Å². The molecule has 0 unspecified atom stereocenters. The molecule has 0 aliphatic carbocycles. The van der Waals surface area contributed by atoms with Crippen LogP contribution in [0.15, 0.2) is 53.1 Å². The number of carbonyl (C=O) groups excluding carboxylic acids is 1. The van der Waals surface area contributed by atoms with Crippen LogP contribution in [-0.2, 0) is 6.18 Å². The molecule has 3 heterocycles. The maximum Gasteiger partial charge on any atom is 0.433 e. The summed E-state index contributed by atoms with van der Waals surface area (Å²) in [5.41, 5.74) is 0.197. The molecule has 1 aromatic carbocycles. The number of halogens is 3. The van der Waals surface area contributed by atoms with Gasteiger partial charge < -0.3 is 9.73 Å². The molecule has 0 aliphatic heterocycles. The van der Waals surface area contributed by atoms with Crippen molar-refractivity contribution >= 4 is 17.4 Å². The molecule has 0 atom stereocenters. The van der Waals surface area contributed by atoms with Crippen molar-refractivity contribution in [3.63, 3.8) is 0 Å². The zero-order valence-electron chi connectivity index (χ0n) is 14.4. The topological polar surface area (TPSA) is 85.3 Å². The van der Waals surface area contributed by atoms with Crippen LogP contribution in [0.4, 0.5) is 18.9 Å². The van der Waals surface area contributed by atoms with Gasteiger partial charge in [0.15, 0.2) is 11.5 Å². The van der Waals surface area contributed by atoms with E-state index in [2.05, 4.69) is 20.4 Å². The summed E-state index contributed by atoms with van der Waals surface area (Å²) in [6.45, 7) is 1.84. The fraction of sp³-hybridized carbons (Fsp3) is 0.111. The standard InChI is InChI=1S/C18H12F3N5O2/c1-10-4-2-5-11(8-10)22-16(27)15-24-17-23-12(13-6-3-7-28-13)9-14(18(19,20)21)26(17)25-15/h2-9H,1H3,(H,22,27). The first-order chi connectivity index (χ1) is 13.3. The van der Waals surface area contributed by atoms with E-state index >= 15 is 0 Å². The summed E-state index contributed by atoms with van der Waals surface area (Å²) < 4.78 is 46.1. The first-order valence-electron chi connectivity index (χ1n) is 8.08. The van der Waals surface area contributed by atoms with Crippen LogP contribution in [0, 0.1) is 6.92 Å². The van der Waals surface area contributed by atoms with Crippen LogP contribution in [0.2, 0.25) is 0 Å². The fourth-order valence-electron chi connectivity index (χ4n) is 2.63. The van der Waals surface area contributed by atoms with E-state index in [1.54, 1.807) is 18.2 Å². The number of aryl methyl sites for hydroxylation is 1. The molecule has 3 aromatic heterocycles. The smallest absolute Gasteiger partial charge is 0.433 e. The number of nitrogens with zero attached hydrogens (tertiary/aromatic N) is 4. The number of benzene rings is 1. The lowest BCUT2D eigenvalue weighted by molar-refractivity contribution is -0.142. The van der Waals surface area contributed by atoms with Crippen molar-refractivity contribution in [2.24, 2.45) is 0 Å². The van der Waals surface area contributed by atoms with E-state index in [-0.39, 0.29) is 17.2 Å². The Bertz CT molecular complexity index is 1170. The summed E-state index contributed by atoms with van der Waals surface area (Å²) in [6, 6.07) is 10.7. The molecule has 0 radical (unpaired) electrons. The van der Waals surface area contributed by atoms with Crippen LogP contribution in [0.5, 0.6) is 0 Å². The van der Waals surface area contributed by atoms with E-state index in [1.165, 1.54) is 18.4 Å². The van der Waals surface area contributed by atoms with Crippen LogP contribution in [0.3, 0.4) is 0 Å². The number of rotatable bonds is 3. The van der Waals surface area contributed by atoms with Gasteiger partial charge in [-0.25, -0.2) is 4.98 Å². The van der Waals surface area contributed by atoms with E-state index in [0.29, 0.717) is 10.2 Å². The van der Waals surface area contributed by atoms with Crippen LogP contribution in [-0.4, -0.2) is 25.5 Å². The summed E-state index contributed by atoms with van der Waals surface area (Å²) in [6.07, 6.45) is -3.42. The number of carbonyl (C=O) groups is 1. The molecule has 0 fully saturated rings. The summed E-state index contributed by atoms with van der Waals surface area (Å²) >= 11 is 0. The molecular weight excluding hydrogens is 375 g/mol. The van der Waals surface area contributed by atoms with Gasteiger partial charge in [-0.1, -0.05) is 12.1 Å². The summed E-state index contributed by atoms with van der Waals surface area (Å²) in [5.74, 6) is -1.41. The fourth-order valence-corrected chi connectivity index (χ4v) is 2.63. The Morgan fingerprint density at radius 2 is 1.96 bits per heavy atom. The summed E-state index contributed by atoms with van der Waals surface area (Å²) in [5, 5.41) is 6.26. The Kier molecular flexibility index (Phi) is 4.10. The van der Waals surface area contributed by atoms with Gasteiger partial charge in [0.25, 0.3) is 11.7 Å². The van der Waals surface area contributed by atoms with E-state index in [0.717, 1.165) is 11.6 Å². The molecule has 142 valence electrons. The van der Waals surface area contributed by atoms with Crippen molar-refractivity contribution in [2.75, 3.05) is 5.32 Å². The number of alkyl halides is 3. The van der Waals surface area contributed by atoms with Crippen LogP contribution >= 0.6 is 0 Å². The molecule has 1 amide bonds. The Morgan fingerprint density at radius 1 is 1.14 bits per heavy atom. The van der Waals surface area contributed by atoms with Gasteiger partial charge in [0.05, 0.1) is 6.26 Å². The molecule has 0 aliphatic rings. The molecule has 4 rings (SSSR count). The Labute approximate surface area is 155 Å². The SMILES string of the molecule is Cc1cccc(NC(=O)c2nc3nc(-c4ccco4)cc(C(F)(F)F)n3n2)c1. The number of hydrogen-bond donors (Lipinski definition) is 1. The molecule has 7 nitrogen and oxygen atoms in total. The van der Waals surface area contributed by atoms with Gasteiger partial charge in [-0.05, 0) is 42.8 Å². The van der Waals surface area contributed by atoms with Gasteiger partial charge >= 0.3 is 6.18 Å². The first kappa shape index (κ1) is 17.7. The molecule has 0 spiro atoms. The zero-order valence-corrected chi connectivity index (χ0v) is 14.4. The normalized spacial score (nSPS) is 11.7. The minimum Gasteiger partial charge on any atom is -0.463 e. The number of aromatic nitrogens is 4. The molecule has 0 saturated heterocycles. The third kappa shape index (κ3) is 3.31. The first-order valence-corrected chi connectivity index (χ1v) is 8.08. The van der Waals surface area contributed by atoms with Gasteiger partial charge in [0.2, 0.25) is 5.82 Å². The lowest BCUT2D eigenvalue weighted by Crippen LogP contribution is -2.16. The minimum atomic E-state index is -4.74. The largest absolute Gasteiger partial charge is 0.463 e. The van der Waals surface area contributed by atoms with Crippen molar-refractivity contribution in [3.05, 3.63) is 65.8 Å². The number of amides is 1. The summed E-state index contributed by atoms with van der Waals surface area (Å²) in [7, 11) is 0. The second-order valence-electron chi connectivity index (χ2n) is 5.97. The van der Waals surface area contributed by atoms with Gasteiger partial charge in [-0.15, -0.1) is 5.10 Å². The van der Waals surface area contributed by atoms with E-state index in [9.17, 15) is 18.0 Å². The molecule has 1 N–H and O–H groups in total. The number of nitrogens with one attached hydrogen (secondary N) is 1. The van der Waals surface area contributed by atoms with Crippen LogP contribution in [0.1, 0.15) is 21.9 Å². The van der Waals surface area contributed by atoms with Crippen molar-refractivity contribution in [1.82, 2.24) is 19.6 Å². The maximum absolute atomic E-state index is 13.5. The number of hydrogen-bond acceptors (Lipinski definition) is 5. The Hall–Kier alpha value is -3.69. The predicted molar refractivity (Wildman–Crippen MR) is 92.6 cm³/mol. The third-order valence-electron chi connectivity index (χ3n) is 3.86. The molecule has 0 bridgehead atoms. The average Bonchev–Trinajstić information content (AvgIpc) is 3.29. The average molecular weight is 387 g/mol. The van der Waals surface area contributed by atoms with Crippen molar-refractivity contribution in [1.29, 1.82) is 0 Å². The second kappa shape index (κ2) is 6.48. The number of anilines is 1.